The molecule has 0 spiro atoms. The lowest BCUT2D eigenvalue weighted by Crippen LogP contribution is -2.01. The van der Waals surface area contributed by atoms with Crippen molar-refractivity contribution in [1.29, 1.82) is 0 Å². The molecule has 26 rings (SSSR count). The summed E-state index contributed by atoms with van der Waals surface area (Å²) < 4.78 is 27.4. The minimum absolute atomic E-state index is 0.524. The van der Waals surface area contributed by atoms with Gasteiger partial charge in [-0.3, -0.25) is 0 Å². The summed E-state index contributed by atoms with van der Waals surface area (Å²) in [5.74, 6) is 3.38. The van der Waals surface area contributed by atoms with Crippen LogP contribution in [0.1, 0.15) is 0 Å². The number of aromatic nitrogens is 6. The lowest BCUT2D eigenvalue weighted by atomic mass is 9.94. The molecule has 0 aliphatic rings. The Balaban J connectivity index is 0.619. The number of thiophene rings is 3. The van der Waals surface area contributed by atoms with Crippen LogP contribution < -0.4 is 0 Å². The maximum absolute atomic E-state index is 6.88. The topological polar surface area (TPSA) is 117 Å². The third-order valence-electron chi connectivity index (χ3n) is 24.8. The first-order valence-electron chi connectivity index (χ1n) is 42.1. The van der Waals surface area contributed by atoms with E-state index in [1.807, 2.05) is 41.7 Å². The van der Waals surface area contributed by atoms with E-state index in [2.05, 4.69) is 358 Å². The predicted molar refractivity (Wildman–Crippen MR) is 524 cm³/mol. The molecule has 0 unspecified atom stereocenters. The van der Waals surface area contributed by atoms with Crippen molar-refractivity contribution in [2.45, 2.75) is 0 Å². The summed E-state index contributed by atoms with van der Waals surface area (Å²) >= 11 is 5.37. The van der Waals surface area contributed by atoms with Crippen LogP contribution in [0.25, 0.3) is 273 Å². The number of rotatable bonds is 13. The Morgan fingerprint density at radius 1 is 0.151 bits per heavy atom. The Hall–Kier alpha value is -16.0. The lowest BCUT2D eigenvalue weighted by Gasteiger charge is -2.14. The van der Waals surface area contributed by atoms with Crippen molar-refractivity contribution >= 4 is 160 Å². The van der Waals surface area contributed by atoms with Crippen molar-refractivity contribution in [3.8, 4) is 146 Å². The number of fused-ring (bicyclic) bond motifs is 18. The molecule has 0 aliphatic carbocycles. The Labute approximate surface area is 732 Å². The van der Waals surface area contributed by atoms with Crippen LogP contribution in [-0.4, -0.2) is 29.9 Å². The van der Waals surface area contributed by atoms with Gasteiger partial charge in [-0.2, -0.15) is 0 Å². The van der Waals surface area contributed by atoms with Gasteiger partial charge in [0.2, 0.25) is 0 Å². The smallest absolute Gasteiger partial charge is 0.165 e. The standard InChI is InChI=1S/C114H64N6O3S3/c1-3-25-65(26-4-1)75-29-7-9-35-93(75)111-115-109(73-59-69(77-37-19-41-87-81-31-11-15-49-97(81)121-103(77)87)57-70(60-73)78-38-20-42-88-82-32-12-16-50-98(82)122-104(78)88)117-114(120-111)96-48-24-46-92-86-56-54-68(64-102(86)126-108(92)96)67-53-55-85-91-44-22-40-80(106(91)125-101(85)63-67)72-58-71(79-39-21-43-89-83-33-13-17-51-99(83)123-105(79)89)61-74(62-72)110-116-112(94-36-10-8-30-76(94)66-27-5-2-6-28-66)119-113(118-110)95-47-23-45-90-84-34-14-18-52-100(84)124-107(90)95/h1-64H. The fraction of sp³-hybridized carbons (Fsp3) is 0. The van der Waals surface area contributed by atoms with Crippen LogP contribution in [0.5, 0.6) is 0 Å². The first-order valence-corrected chi connectivity index (χ1v) is 44.5. The highest BCUT2D eigenvalue weighted by Crippen LogP contribution is 2.50. The molecule has 586 valence electrons. The largest absolute Gasteiger partial charge is 0.455 e. The molecule has 12 heteroatoms. The van der Waals surface area contributed by atoms with Crippen molar-refractivity contribution in [3.05, 3.63) is 388 Å². The van der Waals surface area contributed by atoms with Gasteiger partial charge in [0.05, 0.1) is 0 Å². The van der Waals surface area contributed by atoms with Gasteiger partial charge in [-0.05, 0) is 146 Å². The van der Waals surface area contributed by atoms with E-state index in [0.717, 1.165) is 202 Å². The zero-order chi connectivity index (χ0) is 82.6. The van der Waals surface area contributed by atoms with E-state index in [1.54, 1.807) is 22.7 Å². The number of nitrogens with zero attached hydrogens (tertiary/aromatic N) is 6. The molecule has 0 saturated carbocycles. The van der Waals surface area contributed by atoms with Crippen LogP contribution in [0.15, 0.2) is 401 Å². The molecule has 126 heavy (non-hydrogen) atoms. The van der Waals surface area contributed by atoms with Crippen molar-refractivity contribution in [2.75, 3.05) is 0 Å². The Kier molecular flexibility index (Phi) is 16.4. The maximum atomic E-state index is 6.88. The minimum Gasteiger partial charge on any atom is -0.455 e. The van der Waals surface area contributed by atoms with Crippen molar-refractivity contribution < 1.29 is 13.3 Å². The second kappa shape index (κ2) is 28.9. The Morgan fingerprint density at radius 2 is 0.429 bits per heavy atom. The van der Waals surface area contributed by atoms with Gasteiger partial charge in [-0.25, -0.2) is 29.9 Å². The molecule has 0 amide bonds. The van der Waals surface area contributed by atoms with E-state index in [4.69, 9.17) is 43.2 Å². The van der Waals surface area contributed by atoms with Gasteiger partial charge in [0.25, 0.3) is 0 Å². The molecule has 0 saturated heterocycles. The molecule has 0 aliphatic heterocycles. The molecule has 0 atom stereocenters. The number of hydrogen-bond donors (Lipinski definition) is 0. The van der Waals surface area contributed by atoms with Crippen LogP contribution in [0, 0.1) is 0 Å². The summed E-state index contributed by atoms with van der Waals surface area (Å²) in [4.78, 5) is 33.5. The zero-order valence-electron chi connectivity index (χ0n) is 67.1. The second-order valence-electron chi connectivity index (χ2n) is 32.1. The molecule has 26 aromatic rings. The minimum atomic E-state index is 0.524. The van der Waals surface area contributed by atoms with Gasteiger partial charge in [0.15, 0.2) is 34.9 Å². The molecule has 0 radical (unpaired) electrons. The van der Waals surface area contributed by atoms with Crippen LogP contribution in [-0.2, 0) is 0 Å². The molecule has 0 bridgehead atoms. The molecule has 8 aromatic heterocycles. The van der Waals surface area contributed by atoms with Gasteiger partial charge in [0, 0.05) is 143 Å². The monoisotopic (exact) mass is 1660 g/mol. The fourth-order valence-electron chi connectivity index (χ4n) is 18.9. The normalized spacial score (nSPS) is 12.0. The first kappa shape index (κ1) is 71.7. The van der Waals surface area contributed by atoms with E-state index in [-0.39, 0.29) is 0 Å². The second-order valence-corrected chi connectivity index (χ2v) is 35.3. The predicted octanol–water partition coefficient (Wildman–Crippen LogP) is 32.5. The van der Waals surface area contributed by atoms with Gasteiger partial charge in [-0.1, -0.05) is 303 Å². The summed E-state index contributed by atoms with van der Waals surface area (Å²) in [6.07, 6.45) is 0. The van der Waals surface area contributed by atoms with E-state index < -0.39 is 0 Å². The molecule has 9 nitrogen and oxygen atoms in total. The van der Waals surface area contributed by atoms with Gasteiger partial charge >= 0.3 is 0 Å². The van der Waals surface area contributed by atoms with Crippen molar-refractivity contribution in [3.63, 3.8) is 0 Å². The van der Waals surface area contributed by atoms with Crippen LogP contribution in [0.3, 0.4) is 0 Å². The molecule has 0 N–H and O–H groups in total. The van der Waals surface area contributed by atoms with Gasteiger partial charge in [-0.15, -0.1) is 34.0 Å². The van der Waals surface area contributed by atoms with E-state index >= 15 is 0 Å². The molecule has 18 aromatic carbocycles. The fourth-order valence-corrected chi connectivity index (χ4v) is 22.7. The highest BCUT2D eigenvalue weighted by Gasteiger charge is 2.27. The molecule has 0 fully saturated rings. The van der Waals surface area contributed by atoms with E-state index in [9.17, 15) is 0 Å². The SMILES string of the molecule is c1ccc(-c2ccccc2-c2nc(-c3cc(-c4cccc5c4oc4ccccc45)cc(-c4cccc5c4sc4cc(-c6ccc7c(c6)sc6c(-c8nc(-c9cc(-c%10cccc%11c%10oc%10ccccc%10%11)cc(-c%10cccc%11c%10oc%10ccccc%10%11)c9)nc(-c9ccccc9-c9ccccc9)n8)cccc67)ccc45)c3)nc(-c3cccc4c3sc3ccccc34)n2)cc1. The quantitative estimate of drug-likeness (QED) is 0.111. The third kappa shape index (κ3) is 11.8. The summed E-state index contributed by atoms with van der Waals surface area (Å²) in [5.41, 5.74) is 24.5. The molecular formula is C114H64N6O3S3. The van der Waals surface area contributed by atoms with E-state index in [1.165, 1.54) is 35.6 Å². The van der Waals surface area contributed by atoms with Gasteiger partial charge in [0.1, 0.15) is 33.5 Å². The first-order chi connectivity index (χ1) is 62.4. The number of para-hydroxylation sites is 6. The van der Waals surface area contributed by atoms with Crippen LogP contribution in [0.4, 0.5) is 0 Å². The summed E-state index contributed by atoms with van der Waals surface area (Å²) in [6.45, 7) is 0. The summed E-state index contributed by atoms with van der Waals surface area (Å²) in [5, 5.41) is 13.3. The zero-order valence-corrected chi connectivity index (χ0v) is 69.5. The van der Waals surface area contributed by atoms with Crippen LogP contribution >= 0.6 is 34.0 Å². The summed E-state index contributed by atoms with van der Waals surface area (Å²) in [7, 11) is 0. The number of hydrogen-bond acceptors (Lipinski definition) is 12. The average Bonchev–Trinajstić information content (AvgIpc) is 1.54. The van der Waals surface area contributed by atoms with Crippen LogP contribution in [0.2, 0.25) is 0 Å². The lowest BCUT2D eigenvalue weighted by molar-refractivity contribution is 0.669. The number of benzene rings is 18. The van der Waals surface area contributed by atoms with Gasteiger partial charge < -0.3 is 13.3 Å². The third-order valence-corrected chi connectivity index (χ3v) is 28.5. The molecular weight excluding hydrogens is 1600 g/mol. The summed E-state index contributed by atoms with van der Waals surface area (Å²) in [6, 6.07) is 138. The maximum Gasteiger partial charge on any atom is 0.165 e. The Bertz CT molecular complexity index is 8890. The van der Waals surface area contributed by atoms with Crippen molar-refractivity contribution in [1.82, 2.24) is 29.9 Å². The molecule has 8 heterocycles. The highest BCUT2D eigenvalue weighted by molar-refractivity contribution is 7.27. The average molecular weight is 1660 g/mol. The Morgan fingerprint density at radius 3 is 0.849 bits per heavy atom. The van der Waals surface area contributed by atoms with E-state index in [0.29, 0.717) is 34.9 Å². The highest BCUT2D eigenvalue weighted by atomic mass is 32.1. The van der Waals surface area contributed by atoms with Crippen molar-refractivity contribution in [2.24, 2.45) is 0 Å². The number of furan rings is 3.